The van der Waals surface area contributed by atoms with Crippen LogP contribution in [0.25, 0.3) is 0 Å². The lowest BCUT2D eigenvalue weighted by Gasteiger charge is -2.22. The Kier molecular flexibility index (Phi) is 5.15. The highest BCUT2D eigenvalue weighted by molar-refractivity contribution is 5.68. The van der Waals surface area contributed by atoms with Crippen LogP contribution in [-0.4, -0.2) is 36.4 Å². The Morgan fingerprint density at radius 1 is 1.35 bits per heavy atom. The summed E-state index contributed by atoms with van der Waals surface area (Å²) in [5.41, 5.74) is -0.794. The zero-order valence-electron chi connectivity index (χ0n) is 12.1. The molecule has 0 saturated heterocycles. The van der Waals surface area contributed by atoms with Crippen molar-refractivity contribution in [3.8, 4) is 11.5 Å². The van der Waals surface area contributed by atoms with Crippen LogP contribution in [0.2, 0.25) is 0 Å². The summed E-state index contributed by atoms with van der Waals surface area (Å²) in [6, 6.07) is 2.78. The van der Waals surface area contributed by atoms with Gasteiger partial charge in [0.05, 0.1) is 30.8 Å². The minimum absolute atomic E-state index is 0.130. The Balaban J connectivity index is 3.13. The minimum Gasteiger partial charge on any atom is -0.493 e. The number of ether oxygens (including phenoxy) is 2. The molecule has 1 aromatic carbocycles. The van der Waals surface area contributed by atoms with Gasteiger partial charge in [-0.15, -0.1) is 0 Å². The zero-order valence-corrected chi connectivity index (χ0v) is 12.1. The van der Waals surface area contributed by atoms with E-state index in [0.717, 1.165) is 0 Å². The molecule has 1 aromatic rings. The molecule has 0 saturated carbocycles. The molecule has 0 aliphatic carbocycles. The number of nitro benzene ring substituents is 1. The summed E-state index contributed by atoms with van der Waals surface area (Å²) >= 11 is 0. The maximum atomic E-state index is 11.1. The Hall–Kier alpha value is -2.02. The van der Waals surface area contributed by atoms with Crippen molar-refractivity contribution in [2.24, 2.45) is 0 Å². The molecule has 7 heteroatoms. The van der Waals surface area contributed by atoms with Crippen LogP contribution in [0.5, 0.6) is 11.5 Å². The highest BCUT2D eigenvalue weighted by atomic mass is 16.6. The molecule has 20 heavy (non-hydrogen) atoms. The van der Waals surface area contributed by atoms with Crippen LogP contribution >= 0.6 is 0 Å². The number of benzene rings is 1. The zero-order chi connectivity index (χ0) is 15.3. The largest absolute Gasteiger partial charge is 0.493 e. The van der Waals surface area contributed by atoms with E-state index in [9.17, 15) is 15.2 Å². The lowest BCUT2D eigenvalue weighted by molar-refractivity contribution is -0.384. The van der Waals surface area contributed by atoms with Crippen molar-refractivity contribution >= 4 is 11.4 Å². The van der Waals surface area contributed by atoms with E-state index < -0.39 is 10.5 Å². The van der Waals surface area contributed by atoms with E-state index in [1.165, 1.54) is 26.4 Å². The van der Waals surface area contributed by atoms with E-state index in [4.69, 9.17) is 9.47 Å². The van der Waals surface area contributed by atoms with Crippen LogP contribution in [0.15, 0.2) is 12.1 Å². The van der Waals surface area contributed by atoms with Gasteiger partial charge >= 0.3 is 0 Å². The molecule has 1 atom stereocenters. The van der Waals surface area contributed by atoms with Gasteiger partial charge in [-0.2, -0.15) is 0 Å². The number of rotatable bonds is 7. The van der Waals surface area contributed by atoms with Gasteiger partial charge in [0.15, 0.2) is 11.5 Å². The first-order chi connectivity index (χ1) is 9.34. The molecular formula is C13H20N2O5. The first kappa shape index (κ1) is 16.0. The fraction of sp³-hybridized carbons (Fsp3) is 0.538. The summed E-state index contributed by atoms with van der Waals surface area (Å²) in [4.78, 5) is 10.6. The molecule has 0 aliphatic heterocycles. The van der Waals surface area contributed by atoms with E-state index in [-0.39, 0.29) is 23.7 Å². The molecule has 2 N–H and O–H groups in total. The second-order valence-electron chi connectivity index (χ2n) is 4.69. The van der Waals surface area contributed by atoms with E-state index in [2.05, 4.69) is 5.32 Å². The maximum absolute atomic E-state index is 11.1. The van der Waals surface area contributed by atoms with Gasteiger partial charge < -0.3 is 19.9 Å². The number of nitrogens with one attached hydrogen (secondary N) is 1. The van der Waals surface area contributed by atoms with Crippen LogP contribution in [0.1, 0.15) is 20.3 Å². The second-order valence-corrected chi connectivity index (χ2v) is 4.69. The number of nitrogens with zero attached hydrogens (tertiary/aromatic N) is 1. The number of aliphatic hydroxyl groups is 1. The molecule has 1 rings (SSSR count). The van der Waals surface area contributed by atoms with Crippen LogP contribution in [0.3, 0.4) is 0 Å². The van der Waals surface area contributed by atoms with Gasteiger partial charge in [0.1, 0.15) is 5.69 Å². The van der Waals surface area contributed by atoms with Crippen LogP contribution in [0, 0.1) is 10.1 Å². The average molecular weight is 284 g/mol. The van der Waals surface area contributed by atoms with E-state index in [1.54, 1.807) is 6.92 Å². The lowest BCUT2D eigenvalue weighted by atomic mass is 10.0. The van der Waals surface area contributed by atoms with Gasteiger partial charge in [-0.25, -0.2) is 0 Å². The Bertz CT molecular complexity index is 488. The van der Waals surface area contributed by atoms with Crippen molar-refractivity contribution in [3.63, 3.8) is 0 Å². The van der Waals surface area contributed by atoms with E-state index in [1.807, 2.05) is 6.92 Å². The van der Waals surface area contributed by atoms with Crippen molar-refractivity contribution in [1.29, 1.82) is 0 Å². The monoisotopic (exact) mass is 284 g/mol. The summed E-state index contributed by atoms with van der Waals surface area (Å²) in [7, 11) is 2.87. The predicted octanol–water partition coefficient (Wildman–Crippen LogP) is 2.18. The third kappa shape index (κ3) is 3.74. The molecule has 0 amide bonds. The number of hydrogen-bond donors (Lipinski definition) is 2. The third-order valence-corrected chi connectivity index (χ3v) is 3.12. The van der Waals surface area contributed by atoms with Crippen LogP contribution < -0.4 is 14.8 Å². The van der Waals surface area contributed by atoms with Gasteiger partial charge in [0.2, 0.25) is 0 Å². The fourth-order valence-electron chi connectivity index (χ4n) is 1.57. The third-order valence-electron chi connectivity index (χ3n) is 3.12. The molecular weight excluding hydrogens is 264 g/mol. The first-order valence-corrected chi connectivity index (χ1v) is 6.21. The van der Waals surface area contributed by atoms with Gasteiger partial charge in [-0.3, -0.25) is 10.1 Å². The number of hydrogen-bond acceptors (Lipinski definition) is 6. The highest BCUT2D eigenvalue weighted by Crippen LogP contribution is 2.37. The summed E-state index contributed by atoms with van der Waals surface area (Å²) in [5.74, 6) is 0.670. The normalized spacial score (nSPS) is 13.4. The molecule has 0 bridgehead atoms. The lowest BCUT2D eigenvalue weighted by Crippen LogP contribution is -2.32. The Labute approximate surface area is 117 Å². The number of anilines is 1. The van der Waals surface area contributed by atoms with Crippen LogP contribution in [-0.2, 0) is 0 Å². The molecule has 1 unspecified atom stereocenters. The summed E-state index contributed by atoms with van der Waals surface area (Å²) in [6.45, 7) is 3.69. The van der Waals surface area contributed by atoms with Crippen molar-refractivity contribution in [1.82, 2.24) is 0 Å². The topological polar surface area (TPSA) is 93.9 Å². The summed E-state index contributed by atoms with van der Waals surface area (Å²) in [5, 5.41) is 23.9. The Morgan fingerprint density at radius 3 is 2.35 bits per heavy atom. The number of nitro groups is 1. The van der Waals surface area contributed by atoms with Crippen molar-refractivity contribution in [2.45, 2.75) is 25.9 Å². The molecule has 0 fully saturated rings. The standard InChI is InChI=1S/C13H20N2O5/c1-5-13(2,16)8-14-9-6-11(19-3)12(20-4)7-10(9)15(17)18/h6-7,14,16H,5,8H2,1-4H3. The van der Waals surface area contributed by atoms with Gasteiger partial charge in [-0.1, -0.05) is 6.92 Å². The SMILES string of the molecule is CCC(C)(O)CNc1cc(OC)c(OC)cc1[N+](=O)[O-]. The van der Waals surface area contributed by atoms with Gasteiger partial charge in [0, 0.05) is 12.6 Å². The van der Waals surface area contributed by atoms with E-state index >= 15 is 0 Å². The molecule has 0 heterocycles. The molecule has 112 valence electrons. The summed E-state index contributed by atoms with van der Waals surface area (Å²) in [6.07, 6.45) is 0.529. The van der Waals surface area contributed by atoms with E-state index in [0.29, 0.717) is 12.2 Å². The van der Waals surface area contributed by atoms with Gasteiger partial charge in [-0.05, 0) is 13.3 Å². The first-order valence-electron chi connectivity index (χ1n) is 6.21. The molecule has 0 spiro atoms. The molecule has 7 nitrogen and oxygen atoms in total. The minimum atomic E-state index is -0.943. The second kappa shape index (κ2) is 6.42. The fourth-order valence-corrected chi connectivity index (χ4v) is 1.57. The van der Waals surface area contributed by atoms with Crippen molar-refractivity contribution < 1.29 is 19.5 Å². The summed E-state index contributed by atoms with van der Waals surface area (Å²) < 4.78 is 10.2. The predicted molar refractivity (Wildman–Crippen MR) is 75.6 cm³/mol. The molecule has 0 aromatic heterocycles. The smallest absolute Gasteiger partial charge is 0.296 e. The van der Waals surface area contributed by atoms with Crippen molar-refractivity contribution in [2.75, 3.05) is 26.1 Å². The highest BCUT2D eigenvalue weighted by Gasteiger charge is 2.23. The average Bonchev–Trinajstić information content (AvgIpc) is 2.43. The van der Waals surface area contributed by atoms with Crippen LogP contribution in [0.4, 0.5) is 11.4 Å². The molecule has 0 radical (unpaired) electrons. The van der Waals surface area contributed by atoms with Crippen molar-refractivity contribution in [3.05, 3.63) is 22.2 Å². The maximum Gasteiger partial charge on any atom is 0.296 e. The van der Waals surface area contributed by atoms with Gasteiger partial charge in [0.25, 0.3) is 5.69 Å². The number of methoxy groups -OCH3 is 2. The Morgan fingerprint density at radius 2 is 1.90 bits per heavy atom. The quantitative estimate of drug-likeness (QED) is 0.588. The molecule has 0 aliphatic rings.